The summed E-state index contributed by atoms with van der Waals surface area (Å²) in [5.74, 6) is 0.461. The molecule has 5 nitrogen and oxygen atoms in total. The standard InChI is InChI=1S/C25H19N5/c1-17-8-11-19(12-9-17)24-21-6-2-3-7-23(21)28-25(29-24)30-27-16-18-10-13-22-20(15-18)5-4-14-26-22/h2-16H,1H3,(H,28,29,30)/b27-16+. The lowest BCUT2D eigenvalue weighted by Crippen LogP contribution is -1.99. The van der Waals surface area contributed by atoms with Crippen molar-refractivity contribution in [3.8, 4) is 11.3 Å². The summed E-state index contributed by atoms with van der Waals surface area (Å²) in [5.41, 5.74) is 8.94. The molecule has 0 bridgehead atoms. The molecule has 0 amide bonds. The number of aryl methyl sites for hydroxylation is 1. The van der Waals surface area contributed by atoms with Crippen molar-refractivity contribution in [2.75, 3.05) is 5.43 Å². The quantitative estimate of drug-likeness (QED) is 0.321. The molecule has 3 aromatic carbocycles. The average Bonchev–Trinajstić information content (AvgIpc) is 2.79. The third kappa shape index (κ3) is 3.61. The van der Waals surface area contributed by atoms with E-state index >= 15 is 0 Å². The first kappa shape index (κ1) is 17.9. The summed E-state index contributed by atoms with van der Waals surface area (Å²) in [6, 6.07) is 26.3. The Morgan fingerprint density at radius 1 is 0.833 bits per heavy atom. The van der Waals surface area contributed by atoms with Gasteiger partial charge in [0.05, 0.1) is 22.9 Å². The highest BCUT2D eigenvalue weighted by Crippen LogP contribution is 2.27. The zero-order valence-corrected chi connectivity index (χ0v) is 16.4. The second kappa shape index (κ2) is 7.72. The number of hydrazone groups is 1. The Hall–Kier alpha value is -4.12. The molecule has 0 aliphatic rings. The minimum absolute atomic E-state index is 0.461. The second-order valence-electron chi connectivity index (χ2n) is 7.10. The Labute approximate surface area is 174 Å². The number of hydrogen-bond donors (Lipinski definition) is 1. The fourth-order valence-corrected chi connectivity index (χ4v) is 3.40. The van der Waals surface area contributed by atoms with Crippen LogP contribution in [0.25, 0.3) is 33.1 Å². The van der Waals surface area contributed by atoms with Crippen LogP contribution >= 0.6 is 0 Å². The molecule has 0 radical (unpaired) electrons. The summed E-state index contributed by atoms with van der Waals surface area (Å²) in [7, 11) is 0. The molecule has 0 atom stereocenters. The van der Waals surface area contributed by atoms with Crippen molar-refractivity contribution in [3.05, 3.63) is 96.2 Å². The molecule has 0 spiro atoms. The predicted molar refractivity (Wildman–Crippen MR) is 123 cm³/mol. The molecule has 2 heterocycles. The molecule has 2 aromatic heterocycles. The molecule has 1 N–H and O–H groups in total. The smallest absolute Gasteiger partial charge is 0.244 e. The van der Waals surface area contributed by atoms with E-state index in [0.717, 1.165) is 38.6 Å². The lowest BCUT2D eigenvalue weighted by Gasteiger charge is -2.08. The maximum Gasteiger partial charge on any atom is 0.244 e. The van der Waals surface area contributed by atoms with Crippen molar-refractivity contribution in [3.63, 3.8) is 0 Å². The highest BCUT2D eigenvalue weighted by Gasteiger charge is 2.09. The molecule has 5 heteroatoms. The summed E-state index contributed by atoms with van der Waals surface area (Å²) in [5, 5.41) is 6.44. The van der Waals surface area contributed by atoms with Gasteiger partial charge in [0.2, 0.25) is 5.95 Å². The second-order valence-corrected chi connectivity index (χ2v) is 7.10. The van der Waals surface area contributed by atoms with E-state index in [9.17, 15) is 0 Å². The lowest BCUT2D eigenvalue weighted by atomic mass is 10.1. The highest BCUT2D eigenvalue weighted by molar-refractivity contribution is 5.93. The van der Waals surface area contributed by atoms with Gasteiger partial charge in [-0.15, -0.1) is 0 Å². The maximum atomic E-state index is 4.74. The Balaban J connectivity index is 1.48. The van der Waals surface area contributed by atoms with E-state index in [2.05, 4.69) is 51.7 Å². The minimum atomic E-state index is 0.461. The molecule has 0 fully saturated rings. The Kier molecular flexibility index (Phi) is 4.62. The fourth-order valence-electron chi connectivity index (χ4n) is 3.40. The van der Waals surface area contributed by atoms with E-state index in [1.807, 2.05) is 54.6 Å². The number of aromatic nitrogens is 3. The maximum absolute atomic E-state index is 4.74. The molecule has 144 valence electrons. The van der Waals surface area contributed by atoms with Crippen LogP contribution < -0.4 is 5.43 Å². The normalized spacial score (nSPS) is 11.4. The number of pyridine rings is 1. The number of anilines is 1. The molecule has 0 aliphatic heterocycles. The van der Waals surface area contributed by atoms with Crippen LogP contribution in [-0.4, -0.2) is 21.2 Å². The number of nitrogens with zero attached hydrogens (tertiary/aromatic N) is 4. The largest absolute Gasteiger partial charge is 0.256 e. The summed E-state index contributed by atoms with van der Waals surface area (Å²) in [6.07, 6.45) is 3.55. The summed E-state index contributed by atoms with van der Waals surface area (Å²) in [4.78, 5) is 13.7. The van der Waals surface area contributed by atoms with E-state index in [4.69, 9.17) is 4.98 Å². The molecule has 5 rings (SSSR count). The predicted octanol–water partition coefficient (Wildman–Crippen LogP) is 5.60. The monoisotopic (exact) mass is 389 g/mol. The van der Waals surface area contributed by atoms with Crippen molar-refractivity contribution in [2.45, 2.75) is 6.92 Å². The fraction of sp³-hybridized carbons (Fsp3) is 0.0400. The molecule has 0 saturated heterocycles. The van der Waals surface area contributed by atoms with E-state index in [-0.39, 0.29) is 0 Å². The van der Waals surface area contributed by atoms with Gasteiger partial charge in [-0.25, -0.2) is 15.4 Å². The number of rotatable bonds is 4. The van der Waals surface area contributed by atoms with Crippen LogP contribution in [0.15, 0.2) is 90.2 Å². The van der Waals surface area contributed by atoms with Gasteiger partial charge in [0.25, 0.3) is 0 Å². The Morgan fingerprint density at radius 3 is 2.60 bits per heavy atom. The van der Waals surface area contributed by atoms with E-state index in [0.29, 0.717) is 5.95 Å². The topological polar surface area (TPSA) is 63.1 Å². The first-order chi connectivity index (χ1) is 14.8. The van der Waals surface area contributed by atoms with Gasteiger partial charge >= 0.3 is 0 Å². The highest BCUT2D eigenvalue weighted by atomic mass is 15.3. The molecular formula is C25H19N5. The summed E-state index contributed by atoms with van der Waals surface area (Å²) < 4.78 is 0. The zero-order chi connectivity index (χ0) is 20.3. The minimum Gasteiger partial charge on any atom is -0.256 e. The molecule has 30 heavy (non-hydrogen) atoms. The third-order valence-corrected chi connectivity index (χ3v) is 4.93. The van der Waals surface area contributed by atoms with Crippen LogP contribution in [0.5, 0.6) is 0 Å². The van der Waals surface area contributed by atoms with Crippen molar-refractivity contribution < 1.29 is 0 Å². The SMILES string of the molecule is Cc1ccc(-c2nc(N/N=C/c3ccc4ncccc4c3)nc3ccccc23)cc1. The lowest BCUT2D eigenvalue weighted by molar-refractivity contribution is 1.16. The molecular weight excluding hydrogens is 370 g/mol. The average molecular weight is 389 g/mol. The molecule has 5 aromatic rings. The first-order valence-electron chi connectivity index (χ1n) is 9.74. The van der Waals surface area contributed by atoms with Crippen LogP contribution in [-0.2, 0) is 0 Å². The number of benzene rings is 3. The molecule has 0 aliphatic carbocycles. The van der Waals surface area contributed by atoms with Crippen LogP contribution in [0, 0.1) is 6.92 Å². The number of hydrogen-bond acceptors (Lipinski definition) is 5. The van der Waals surface area contributed by atoms with Gasteiger partial charge < -0.3 is 0 Å². The van der Waals surface area contributed by atoms with Gasteiger partial charge in [-0.2, -0.15) is 5.10 Å². The van der Waals surface area contributed by atoms with Crippen molar-refractivity contribution >= 4 is 34.0 Å². The Bertz CT molecular complexity index is 1370. The molecule has 0 unspecified atom stereocenters. The van der Waals surface area contributed by atoms with Gasteiger partial charge in [-0.1, -0.05) is 60.2 Å². The van der Waals surface area contributed by atoms with Gasteiger partial charge in [-0.3, -0.25) is 4.98 Å². The van der Waals surface area contributed by atoms with Gasteiger partial charge in [-0.05, 0) is 36.8 Å². The van der Waals surface area contributed by atoms with E-state index in [1.165, 1.54) is 5.56 Å². The number of nitrogens with one attached hydrogen (secondary N) is 1. The van der Waals surface area contributed by atoms with Crippen molar-refractivity contribution in [1.29, 1.82) is 0 Å². The number of fused-ring (bicyclic) bond motifs is 2. The van der Waals surface area contributed by atoms with Crippen LogP contribution in [0.4, 0.5) is 5.95 Å². The third-order valence-electron chi connectivity index (χ3n) is 4.93. The zero-order valence-electron chi connectivity index (χ0n) is 16.4. The summed E-state index contributed by atoms with van der Waals surface area (Å²) >= 11 is 0. The molecule has 0 saturated carbocycles. The van der Waals surface area contributed by atoms with E-state index in [1.54, 1.807) is 12.4 Å². The van der Waals surface area contributed by atoms with E-state index < -0.39 is 0 Å². The summed E-state index contributed by atoms with van der Waals surface area (Å²) in [6.45, 7) is 2.08. The van der Waals surface area contributed by atoms with Gasteiger partial charge in [0.15, 0.2) is 0 Å². The van der Waals surface area contributed by atoms with Crippen LogP contribution in [0.1, 0.15) is 11.1 Å². The van der Waals surface area contributed by atoms with Crippen LogP contribution in [0.3, 0.4) is 0 Å². The van der Waals surface area contributed by atoms with Gasteiger partial charge in [0, 0.05) is 22.5 Å². The van der Waals surface area contributed by atoms with Crippen molar-refractivity contribution in [1.82, 2.24) is 15.0 Å². The first-order valence-corrected chi connectivity index (χ1v) is 9.74. The number of para-hydroxylation sites is 1. The van der Waals surface area contributed by atoms with Gasteiger partial charge in [0.1, 0.15) is 0 Å². The van der Waals surface area contributed by atoms with Crippen LogP contribution in [0.2, 0.25) is 0 Å². The van der Waals surface area contributed by atoms with Crippen molar-refractivity contribution in [2.24, 2.45) is 5.10 Å². The Morgan fingerprint density at radius 2 is 1.70 bits per heavy atom.